The minimum absolute atomic E-state index is 0.156. The van der Waals surface area contributed by atoms with Crippen LogP contribution in [0.5, 0.6) is 11.5 Å². The Morgan fingerprint density at radius 3 is 2.30 bits per heavy atom. The first kappa shape index (κ1) is 16.7. The molecule has 7 heteroatoms. The van der Waals surface area contributed by atoms with E-state index in [0.29, 0.717) is 16.8 Å². The Labute approximate surface area is 152 Å². The van der Waals surface area contributed by atoms with Gasteiger partial charge in [-0.3, -0.25) is 14.9 Å². The van der Waals surface area contributed by atoms with E-state index in [9.17, 15) is 18.4 Å². The Balaban J connectivity index is 1.80. The lowest BCUT2D eigenvalue weighted by molar-refractivity contribution is 0.0879. The molecule has 2 amide bonds. The zero-order chi connectivity index (χ0) is 19.1. The van der Waals surface area contributed by atoms with E-state index in [0.717, 1.165) is 12.1 Å². The van der Waals surface area contributed by atoms with Crippen LogP contribution in [0, 0.1) is 11.6 Å². The van der Waals surface area contributed by atoms with E-state index < -0.39 is 23.4 Å². The normalized spacial score (nSPS) is 12.7. The summed E-state index contributed by atoms with van der Waals surface area (Å²) < 4.78 is 32.7. The number of ether oxygens (including phenoxy) is 1. The van der Waals surface area contributed by atoms with Crippen molar-refractivity contribution in [2.24, 2.45) is 0 Å². The maximum absolute atomic E-state index is 13.9. The summed E-state index contributed by atoms with van der Waals surface area (Å²) in [5, 5.41) is 2.22. The second-order valence-corrected chi connectivity index (χ2v) is 5.98. The Kier molecular flexibility index (Phi) is 3.84. The van der Waals surface area contributed by atoms with Gasteiger partial charge >= 0.3 is 0 Å². The van der Waals surface area contributed by atoms with Crippen LogP contribution in [0.4, 0.5) is 14.5 Å². The molecule has 0 aromatic heterocycles. The number of carbonyl (C=O) groups is 2. The van der Waals surface area contributed by atoms with Crippen molar-refractivity contribution in [2.45, 2.75) is 0 Å². The van der Waals surface area contributed by atoms with Gasteiger partial charge in [0.2, 0.25) is 0 Å². The molecule has 0 saturated carbocycles. The SMILES string of the molecule is Nc1ccc(Oc2ccc(F)cc2F)c(-c2ccc3c(c2)C(=O)NC3=O)c1. The number of fused-ring (bicyclic) bond motifs is 1. The number of benzene rings is 3. The van der Waals surface area contributed by atoms with E-state index in [1.165, 1.54) is 18.2 Å². The van der Waals surface area contributed by atoms with Crippen molar-refractivity contribution in [1.29, 1.82) is 0 Å². The topological polar surface area (TPSA) is 81.4 Å². The summed E-state index contributed by atoms with van der Waals surface area (Å²) in [6.07, 6.45) is 0. The number of halogens is 2. The Morgan fingerprint density at radius 2 is 1.52 bits per heavy atom. The van der Waals surface area contributed by atoms with Crippen LogP contribution in [0.2, 0.25) is 0 Å². The molecule has 3 N–H and O–H groups in total. The van der Waals surface area contributed by atoms with Gasteiger partial charge in [-0.15, -0.1) is 0 Å². The van der Waals surface area contributed by atoms with E-state index in [1.54, 1.807) is 24.3 Å². The van der Waals surface area contributed by atoms with Crippen LogP contribution in [0.15, 0.2) is 54.6 Å². The molecule has 1 heterocycles. The lowest BCUT2D eigenvalue weighted by Gasteiger charge is -2.13. The number of hydrogen-bond donors (Lipinski definition) is 2. The number of nitrogen functional groups attached to an aromatic ring is 1. The van der Waals surface area contributed by atoms with Gasteiger partial charge in [0.25, 0.3) is 11.8 Å². The summed E-state index contributed by atoms with van der Waals surface area (Å²) in [6, 6.07) is 12.4. The van der Waals surface area contributed by atoms with E-state index in [-0.39, 0.29) is 22.6 Å². The third-order valence-corrected chi connectivity index (χ3v) is 4.16. The van der Waals surface area contributed by atoms with Crippen molar-refractivity contribution < 1.29 is 23.1 Å². The average molecular weight is 366 g/mol. The summed E-state index contributed by atoms with van der Waals surface area (Å²) in [6.45, 7) is 0. The molecule has 3 aromatic rings. The van der Waals surface area contributed by atoms with Crippen LogP contribution < -0.4 is 15.8 Å². The third kappa shape index (κ3) is 2.99. The van der Waals surface area contributed by atoms with Gasteiger partial charge in [-0.1, -0.05) is 6.07 Å². The van der Waals surface area contributed by atoms with E-state index in [1.807, 2.05) is 0 Å². The summed E-state index contributed by atoms with van der Waals surface area (Å²) >= 11 is 0. The Hall–Kier alpha value is -3.74. The molecule has 27 heavy (non-hydrogen) atoms. The van der Waals surface area contributed by atoms with Crippen molar-refractivity contribution in [3.05, 3.63) is 77.4 Å². The smallest absolute Gasteiger partial charge is 0.258 e. The molecule has 1 aliphatic heterocycles. The van der Waals surface area contributed by atoms with Gasteiger partial charge in [0.15, 0.2) is 11.6 Å². The van der Waals surface area contributed by atoms with Gasteiger partial charge in [-0.25, -0.2) is 8.78 Å². The first-order chi connectivity index (χ1) is 12.9. The van der Waals surface area contributed by atoms with E-state index >= 15 is 0 Å². The predicted octanol–water partition coefficient (Wildman–Crippen LogP) is 3.89. The fourth-order valence-electron chi connectivity index (χ4n) is 2.87. The fourth-order valence-corrected chi connectivity index (χ4v) is 2.87. The van der Waals surface area contributed by atoms with Gasteiger partial charge in [0.05, 0.1) is 11.1 Å². The summed E-state index contributed by atoms with van der Waals surface area (Å²) in [7, 11) is 0. The van der Waals surface area contributed by atoms with Crippen LogP contribution in [-0.4, -0.2) is 11.8 Å². The number of imide groups is 1. The van der Waals surface area contributed by atoms with Gasteiger partial charge in [0.1, 0.15) is 11.6 Å². The number of anilines is 1. The minimum Gasteiger partial charge on any atom is -0.454 e. The highest BCUT2D eigenvalue weighted by atomic mass is 19.1. The number of hydrogen-bond acceptors (Lipinski definition) is 4. The van der Waals surface area contributed by atoms with E-state index in [4.69, 9.17) is 10.5 Å². The van der Waals surface area contributed by atoms with Crippen molar-refractivity contribution in [1.82, 2.24) is 5.32 Å². The monoisotopic (exact) mass is 366 g/mol. The largest absolute Gasteiger partial charge is 0.454 e. The number of rotatable bonds is 3. The maximum atomic E-state index is 13.9. The molecule has 4 rings (SSSR count). The Morgan fingerprint density at radius 1 is 0.778 bits per heavy atom. The first-order valence-corrected chi connectivity index (χ1v) is 7.95. The minimum atomic E-state index is -0.850. The van der Waals surface area contributed by atoms with Gasteiger partial charge in [-0.05, 0) is 48.0 Å². The molecule has 1 aliphatic rings. The second-order valence-electron chi connectivity index (χ2n) is 5.98. The number of nitrogens with two attached hydrogens (primary N) is 1. The van der Waals surface area contributed by atoms with Gasteiger partial charge in [0, 0.05) is 17.3 Å². The molecule has 0 spiro atoms. The lowest BCUT2D eigenvalue weighted by Crippen LogP contribution is -2.19. The van der Waals surface area contributed by atoms with Crippen molar-refractivity contribution >= 4 is 17.5 Å². The third-order valence-electron chi connectivity index (χ3n) is 4.16. The van der Waals surface area contributed by atoms with Gasteiger partial charge < -0.3 is 10.5 Å². The Bertz CT molecular complexity index is 1110. The molecule has 0 atom stereocenters. The molecule has 0 saturated heterocycles. The van der Waals surface area contributed by atoms with Crippen LogP contribution in [0.1, 0.15) is 20.7 Å². The van der Waals surface area contributed by atoms with Crippen LogP contribution >= 0.6 is 0 Å². The lowest BCUT2D eigenvalue weighted by atomic mass is 9.99. The van der Waals surface area contributed by atoms with Crippen molar-refractivity contribution in [3.8, 4) is 22.6 Å². The molecule has 5 nitrogen and oxygen atoms in total. The van der Waals surface area contributed by atoms with Crippen LogP contribution in [-0.2, 0) is 0 Å². The molecule has 0 radical (unpaired) electrons. The number of nitrogens with one attached hydrogen (secondary N) is 1. The highest BCUT2D eigenvalue weighted by Gasteiger charge is 2.27. The average Bonchev–Trinajstić information content (AvgIpc) is 2.92. The number of carbonyl (C=O) groups excluding carboxylic acids is 2. The second kappa shape index (κ2) is 6.21. The maximum Gasteiger partial charge on any atom is 0.258 e. The van der Waals surface area contributed by atoms with E-state index in [2.05, 4.69) is 5.32 Å². The number of amides is 2. The van der Waals surface area contributed by atoms with Gasteiger partial charge in [-0.2, -0.15) is 0 Å². The predicted molar refractivity (Wildman–Crippen MR) is 94.5 cm³/mol. The van der Waals surface area contributed by atoms with Crippen LogP contribution in [0.25, 0.3) is 11.1 Å². The first-order valence-electron chi connectivity index (χ1n) is 7.95. The summed E-state index contributed by atoms with van der Waals surface area (Å²) in [5.74, 6) is -2.41. The standard InChI is InChI=1S/C20H12F2N2O3/c21-11-2-5-18(16(22)8-11)27-17-6-3-12(23)9-14(17)10-1-4-13-15(7-10)20(26)24-19(13)25/h1-9H,23H2,(H,24,25,26). The van der Waals surface area contributed by atoms with Crippen molar-refractivity contribution in [3.63, 3.8) is 0 Å². The highest BCUT2D eigenvalue weighted by molar-refractivity contribution is 6.21. The highest BCUT2D eigenvalue weighted by Crippen LogP contribution is 2.37. The fraction of sp³-hybridized carbons (Fsp3) is 0. The quantitative estimate of drug-likeness (QED) is 0.544. The summed E-state index contributed by atoms with van der Waals surface area (Å²) in [5.41, 5.74) is 7.85. The summed E-state index contributed by atoms with van der Waals surface area (Å²) in [4.78, 5) is 23.6. The molecule has 0 unspecified atom stereocenters. The zero-order valence-corrected chi connectivity index (χ0v) is 13.8. The molecule has 3 aromatic carbocycles. The van der Waals surface area contributed by atoms with Crippen LogP contribution in [0.3, 0.4) is 0 Å². The molecule has 0 aliphatic carbocycles. The van der Waals surface area contributed by atoms with Crippen molar-refractivity contribution in [2.75, 3.05) is 5.73 Å². The molecule has 0 bridgehead atoms. The molecule has 0 fully saturated rings. The molecule has 134 valence electrons. The zero-order valence-electron chi connectivity index (χ0n) is 13.8. The molecular weight excluding hydrogens is 354 g/mol. The molecular formula is C20H12F2N2O3.